The summed E-state index contributed by atoms with van der Waals surface area (Å²) in [5.41, 5.74) is 2.11. The van der Waals surface area contributed by atoms with Crippen LogP contribution in [0.2, 0.25) is 0 Å². The molecule has 0 saturated carbocycles. The van der Waals surface area contributed by atoms with Crippen LogP contribution >= 0.6 is 15.9 Å². The number of nitrogens with zero attached hydrogens (tertiary/aromatic N) is 3. The van der Waals surface area contributed by atoms with Crippen LogP contribution in [0.4, 0.5) is 0 Å². The first-order valence-corrected chi connectivity index (χ1v) is 6.26. The highest BCUT2D eigenvalue weighted by atomic mass is 79.9. The van der Waals surface area contributed by atoms with E-state index < -0.39 is 0 Å². The van der Waals surface area contributed by atoms with E-state index in [9.17, 15) is 0 Å². The minimum atomic E-state index is 0.0353. The summed E-state index contributed by atoms with van der Waals surface area (Å²) in [7, 11) is 1.88. The maximum Gasteiger partial charge on any atom is 0.153 e. The molecule has 0 amide bonds. The highest BCUT2D eigenvalue weighted by Crippen LogP contribution is 2.29. The van der Waals surface area contributed by atoms with Gasteiger partial charge in [-0.15, -0.1) is 5.10 Å². The summed E-state index contributed by atoms with van der Waals surface area (Å²) in [5.74, 6) is 0.907. The summed E-state index contributed by atoms with van der Waals surface area (Å²) in [6.07, 6.45) is 1.70. The summed E-state index contributed by atoms with van der Waals surface area (Å²) in [6.45, 7) is 4.88. The first kappa shape index (κ1) is 12.3. The number of furan rings is 1. The lowest BCUT2D eigenvalue weighted by molar-refractivity contribution is 0.511. The van der Waals surface area contributed by atoms with Crippen molar-refractivity contribution >= 4 is 15.9 Å². The Hall–Kier alpha value is -1.14. The van der Waals surface area contributed by atoms with Crippen molar-refractivity contribution in [1.29, 1.82) is 0 Å². The minimum absolute atomic E-state index is 0.0353. The van der Waals surface area contributed by atoms with Crippen LogP contribution < -0.4 is 5.32 Å². The van der Waals surface area contributed by atoms with Crippen LogP contribution in [0, 0.1) is 6.92 Å². The van der Waals surface area contributed by atoms with Crippen LogP contribution in [0.15, 0.2) is 21.3 Å². The number of aryl methyl sites for hydroxylation is 2. The number of aromatic nitrogens is 3. The summed E-state index contributed by atoms with van der Waals surface area (Å²) < 4.78 is 7.89. The Balaban J connectivity index is 2.46. The molecular weight excluding hydrogens is 284 g/mol. The molecule has 2 aromatic heterocycles. The molecule has 6 heteroatoms. The van der Waals surface area contributed by atoms with Crippen molar-refractivity contribution in [3.63, 3.8) is 0 Å². The maximum atomic E-state index is 5.36. The van der Waals surface area contributed by atoms with Gasteiger partial charge < -0.3 is 9.73 Å². The van der Waals surface area contributed by atoms with Gasteiger partial charge in [-0.25, -0.2) is 4.68 Å². The van der Waals surface area contributed by atoms with Crippen LogP contribution in [-0.4, -0.2) is 21.5 Å². The molecule has 0 aliphatic carbocycles. The predicted molar refractivity (Wildman–Crippen MR) is 67.7 cm³/mol. The van der Waals surface area contributed by atoms with Crippen molar-refractivity contribution in [3.8, 4) is 0 Å². The molecule has 2 aromatic rings. The smallest absolute Gasteiger partial charge is 0.153 e. The van der Waals surface area contributed by atoms with Gasteiger partial charge in [0.25, 0.3) is 0 Å². The van der Waals surface area contributed by atoms with E-state index in [0.29, 0.717) is 0 Å². The number of halogens is 1. The van der Waals surface area contributed by atoms with Gasteiger partial charge in [-0.05, 0) is 35.5 Å². The van der Waals surface area contributed by atoms with Crippen LogP contribution in [0.5, 0.6) is 0 Å². The van der Waals surface area contributed by atoms with Crippen LogP contribution in [0.3, 0.4) is 0 Å². The van der Waals surface area contributed by atoms with Crippen LogP contribution in [-0.2, 0) is 7.05 Å². The third-order valence-electron chi connectivity index (χ3n) is 2.72. The SMILES string of the molecule is CCNC(c1ccoc1C)c1c(Br)nnn1C. The van der Waals surface area contributed by atoms with Gasteiger partial charge in [0.15, 0.2) is 4.60 Å². The van der Waals surface area contributed by atoms with E-state index in [0.717, 1.165) is 28.2 Å². The number of nitrogens with one attached hydrogen (secondary N) is 1. The summed E-state index contributed by atoms with van der Waals surface area (Å²) in [4.78, 5) is 0. The Morgan fingerprint density at radius 3 is 2.82 bits per heavy atom. The standard InChI is InChI=1S/C11H15BrN4O/c1-4-13-9(8-5-6-17-7(8)2)10-11(12)14-15-16(10)3/h5-6,9,13H,4H2,1-3H3. The number of rotatable bonds is 4. The largest absolute Gasteiger partial charge is 0.469 e. The van der Waals surface area contributed by atoms with Gasteiger partial charge in [0.2, 0.25) is 0 Å². The van der Waals surface area contributed by atoms with Gasteiger partial charge in [0.05, 0.1) is 18.0 Å². The van der Waals surface area contributed by atoms with Crippen LogP contribution in [0.1, 0.15) is 30.0 Å². The molecule has 1 N–H and O–H groups in total. The number of hydrogen-bond donors (Lipinski definition) is 1. The second-order valence-corrected chi connectivity index (χ2v) is 4.56. The maximum absolute atomic E-state index is 5.36. The van der Waals surface area contributed by atoms with Crippen molar-refractivity contribution in [3.05, 3.63) is 34.0 Å². The van der Waals surface area contributed by atoms with Crippen molar-refractivity contribution < 1.29 is 4.42 Å². The van der Waals surface area contributed by atoms with Crippen molar-refractivity contribution in [1.82, 2.24) is 20.3 Å². The fourth-order valence-corrected chi connectivity index (χ4v) is 2.45. The highest BCUT2D eigenvalue weighted by Gasteiger charge is 2.23. The summed E-state index contributed by atoms with van der Waals surface area (Å²) >= 11 is 3.43. The molecule has 2 heterocycles. The topological polar surface area (TPSA) is 55.9 Å². The first-order valence-electron chi connectivity index (χ1n) is 5.47. The van der Waals surface area contributed by atoms with E-state index in [2.05, 4.69) is 38.5 Å². The molecule has 1 atom stereocenters. The van der Waals surface area contributed by atoms with Gasteiger partial charge in [0, 0.05) is 12.6 Å². The van der Waals surface area contributed by atoms with E-state index in [1.165, 1.54) is 0 Å². The van der Waals surface area contributed by atoms with Gasteiger partial charge >= 0.3 is 0 Å². The Labute approximate surface area is 108 Å². The predicted octanol–water partition coefficient (Wildman–Crippen LogP) is 2.18. The van der Waals surface area contributed by atoms with Gasteiger partial charge in [-0.1, -0.05) is 12.1 Å². The summed E-state index contributed by atoms with van der Waals surface area (Å²) in [5, 5.41) is 11.4. The third-order valence-corrected chi connectivity index (χ3v) is 3.28. The van der Waals surface area contributed by atoms with E-state index in [-0.39, 0.29) is 6.04 Å². The third kappa shape index (κ3) is 2.28. The van der Waals surface area contributed by atoms with E-state index in [1.54, 1.807) is 10.9 Å². The average molecular weight is 299 g/mol. The second kappa shape index (κ2) is 5.01. The summed E-state index contributed by atoms with van der Waals surface area (Å²) in [6, 6.07) is 2.01. The van der Waals surface area contributed by atoms with E-state index in [1.807, 2.05) is 20.0 Å². The Bertz CT molecular complexity index is 486. The Morgan fingerprint density at radius 1 is 1.59 bits per heavy atom. The quantitative estimate of drug-likeness (QED) is 0.940. The van der Waals surface area contributed by atoms with E-state index in [4.69, 9.17) is 4.42 Å². The monoisotopic (exact) mass is 298 g/mol. The van der Waals surface area contributed by atoms with Crippen molar-refractivity contribution in [2.24, 2.45) is 7.05 Å². The molecular formula is C11H15BrN4O. The molecule has 0 aromatic carbocycles. The van der Waals surface area contributed by atoms with Gasteiger partial charge in [-0.3, -0.25) is 0 Å². The minimum Gasteiger partial charge on any atom is -0.469 e. The van der Waals surface area contributed by atoms with Crippen molar-refractivity contribution in [2.75, 3.05) is 6.54 Å². The Kier molecular flexibility index (Phi) is 3.63. The molecule has 0 fully saturated rings. The molecule has 0 saturated heterocycles. The molecule has 0 bridgehead atoms. The normalized spacial score (nSPS) is 12.9. The molecule has 5 nitrogen and oxygen atoms in total. The molecule has 92 valence electrons. The lowest BCUT2D eigenvalue weighted by Gasteiger charge is -2.17. The molecule has 0 aliphatic heterocycles. The first-order chi connectivity index (χ1) is 8.15. The molecule has 2 rings (SSSR count). The molecule has 0 spiro atoms. The van der Waals surface area contributed by atoms with E-state index >= 15 is 0 Å². The molecule has 0 aliphatic rings. The number of hydrogen-bond acceptors (Lipinski definition) is 4. The zero-order valence-electron chi connectivity index (χ0n) is 10.1. The van der Waals surface area contributed by atoms with Gasteiger partial charge in [0.1, 0.15) is 5.76 Å². The lowest BCUT2D eigenvalue weighted by atomic mass is 10.1. The fraction of sp³-hybridized carbons (Fsp3) is 0.455. The second-order valence-electron chi connectivity index (χ2n) is 3.81. The fourth-order valence-electron chi connectivity index (χ4n) is 1.90. The highest BCUT2D eigenvalue weighted by molar-refractivity contribution is 9.10. The zero-order valence-corrected chi connectivity index (χ0v) is 11.7. The molecule has 1 unspecified atom stereocenters. The van der Waals surface area contributed by atoms with Crippen LogP contribution in [0.25, 0.3) is 0 Å². The van der Waals surface area contributed by atoms with Gasteiger partial charge in [-0.2, -0.15) is 0 Å². The lowest BCUT2D eigenvalue weighted by Crippen LogP contribution is -2.24. The molecule has 0 radical (unpaired) electrons. The zero-order chi connectivity index (χ0) is 12.4. The average Bonchev–Trinajstić information content (AvgIpc) is 2.84. The Morgan fingerprint density at radius 2 is 2.35 bits per heavy atom. The van der Waals surface area contributed by atoms with Crippen molar-refractivity contribution in [2.45, 2.75) is 19.9 Å². The molecule has 17 heavy (non-hydrogen) atoms.